The molecule has 0 aliphatic carbocycles. The fourth-order valence-corrected chi connectivity index (χ4v) is 1.92. The molecule has 1 fully saturated rings. The summed E-state index contributed by atoms with van der Waals surface area (Å²) < 4.78 is 1.67. The number of carbonyl (C=O) groups is 1. The third-order valence-corrected chi connectivity index (χ3v) is 2.84. The highest BCUT2D eigenvalue weighted by molar-refractivity contribution is 5.97. The lowest BCUT2D eigenvalue weighted by Gasteiger charge is -2.10. The molecule has 1 aromatic rings. The van der Waals surface area contributed by atoms with E-state index in [-0.39, 0.29) is 11.7 Å². The van der Waals surface area contributed by atoms with Crippen molar-refractivity contribution in [3.8, 4) is 0 Å². The van der Waals surface area contributed by atoms with Gasteiger partial charge in [0, 0.05) is 25.7 Å². The van der Waals surface area contributed by atoms with Crippen molar-refractivity contribution in [2.75, 3.05) is 13.1 Å². The number of aromatic nitrogens is 2. The van der Waals surface area contributed by atoms with E-state index in [1.54, 1.807) is 17.1 Å². The van der Waals surface area contributed by atoms with Gasteiger partial charge >= 0.3 is 0 Å². The van der Waals surface area contributed by atoms with Gasteiger partial charge in [0.2, 0.25) is 0 Å². The first-order chi connectivity index (χ1) is 6.68. The van der Waals surface area contributed by atoms with Gasteiger partial charge in [0.25, 0.3) is 0 Å². The van der Waals surface area contributed by atoms with E-state index in [1.807, 2.05) is 7.05 Å². The van der Waals surface area contributed by atoms with E-state index >= 15 is 0 Å². The Morgan fingerprint density at radius 3 is 2.93 bits per heavy atom. The summed E-state index contributed by atoms with van der Waals surface area (Å²) in [6.07, 6.45) is 3.43. The lowest BCUT2D eigenvalue weighted by Crippen LogP contribution is -2.21. The second kappa shape index (κ2) is 3.53. The van der Waals surface area contributed by atoms with Gasteiger partial charge in [-0.1, -0.05) is 6.92 Å². The summed E-state index contributed by atoms with van der Waals surface area (Å²) in [6.45, 7) is 3.85. The van der Waals surface area contributed by atoms with E-state index in [0.717, 1.165) is 18.7 Å². The molecule has 2 atom stereocenters. The fourth-order valence-electron chi connectivity index (χ4n) is 1.92. The fraction of sp³-hybridized carbons (Fsp3) is 0.600. The van der Waals surface area contributed by atoms with Crippen LogP contribution in [0.3, 0.4) is 0 Å². The zero-order valence-electron chi connectivity index (χ0n) is 8.53. The summed E-state index contributed by atoms with van der Waals surface area (Å²) in [5, 5.41) is 7.24. The van der Waals surface area contributed by atoms with Gasteiger partial charge in [0.15, 0.2) is 5.78 Å². The summed E-state index contributed by atoms with van der Waals surface area (Å²) in [5.41, 5.74) is 0.730. The van der Waals surface area contributed by atoms with Crippen molar-refractivity contribution in [3.05, 3.63) is 18.0 Å². The molecule has 1 aliphatic heterocycles. The number of hydrogen-bond acceptors (Lipinski definition) is 3. The number of nitrogens with zero attached hydrogens (tertiary/aromatic N) is 2. The largest absolute Gasteiger partial charge is 0.316 e. The molecule has 1 aromatic heterocycles. The van der Waals surface area contributed by atoms with Gasteiger partial charge in [0.05, 0.1) is 11.8 Å². The van der Waals surface area contributed by atoms with E-state index in [9.17, 15) is 4.79 Å². The highest BCUT2D eigenvalue weighted by Crippen LogP contribution is 2.20. The molecule has 0 bridgehead atoms. The van der Waals surface area contributed by atoms with Crippen LogP contribution >= 0.6 is 0 Å². The number of rotatable bonds is 2. The van der Waals surface area contributed by atoms with Crippen molar-refractivity contribution in [2.45, 2.75) is 6.92 Å². The molecule has 76 valence electrons. The molecule has 1 aliphatic rings. The molecule has 1 saturated heterocycles. The molecule has 0 saturated carbocycles. The number of nitrogens with one attached hydrogen (secondary N) is 1. The van der Waals surface area contributed by atoms with Gasteiger partial charge in [-0.3, -0.25) is 9.48 Å². The molecule has 14 heavy (non-hydrogen) atoms. The van der Waals surface area contributed by atoms with Gasteiger partial charge < -0.3 is 5.32 Å². The molecule has 4 heteroatoms. The van der Waals surface area contributed by atoms with Crippen LogP contribution in [0, 0.1) is 11.8 Å². The quantitative estimate of drug-likeness (QED) is 0.694. The molecule has 2 unspecified atom stereocenters. The minimum absolute atomic E-state index is 0.124. The Kier molecular flexibility index (Phi) is 2.37. The Bertz CT molecular complexity index is 345. The Morgan fingerprint density at radius 1 is 1.64 bits per heavy atom. The van der Waals surface area contributed by atoms with Crippen LogP contribution in [0.2, 0.25) is 0 Å². The standard InChI is InChI=1S/C10H15N3O/c1-7-3-11-5-9(7)10(14)8-4-12-13(2)6-8/h4,6-7,9,11H,3,5H2,1-2H3. The zero-order chi connectivity index (χ0) is 10.1. The number of carbonyl (C=O) groups excluding carboxylic acids is 1. The zero-order valence-corrected chi connectivity index (χ0v) is 8.53. The SMILES string of the molecule is CC1CNCC1C(=O)c1cnn(C)c1. The highest BCUT2D eigenvalue weighted by atomic mass is 16.1. The average molecular weight is 193 g/mol. The summed E-state index contributed by atoms with van der Waals surface area (Å²) in [7, 11) is 1.83. The maximum Gasteiger partial charge on any atom is 0.170 e. The van der Waals surface area contributed by atoms with Crippen LogP contribution < -0.4 is 5.32 Å². The molecule has 2 rings (SSSR count). The van der Waals surface area contributed by atoms with Crippen molar-refractivity contribution in [2.24, 2.45) is 18.9 Å². The third kappa shape index (κ3) is 1.57. The third-order valence-electron chi connectivity index (χ3n) is 2.84. The first kappa shape index (κ1) is 9.40. The highest BCUT2D eigenvalue weighted by Gasteiger charge is 2.30. The lowest BCUT2D eigenvalue weighted by molar-refractivity contribution is 0.0907. The van der Waals surface area contributed by atoms with E-state index in [1.165, 1.54) is 0 Å². The van der Waals surface area contributed by atoms with E-state index in [4.69, 9.17) is 0 Å². The molecular formula is C10H15N3O. The van der Waals surface area contributed by atoms with Gasteiger partial charge in [-0.2, -0.15) is 5.10 Å². The van der Waals surface area contributed by atoms with Crippen molar-refractivity contribution in [1.82, 2.24) is 15.1 Å². The first-order valence-electron chi connectivity index (χ1n) is 4.92. The number of ketones is 1. The van der Waals surface area contributed by atoms with Crippen LogP contribution in [-0.2, 0) is 7.05 Å². The van der Waals surface area contributed by atoms with Crippen molar-refractivity contribution in [3.63, 3.8) is 0 Å². The van der Waals surface area contributed by atoms with Crippen molar-refractivity contribution < 1.29 is 4.79 Å². The summed E-state index contributed by atoms with van der Waals surface area (Å²) in [5.74, 6) is 0.775. The van der Waals surface area contributed by atoms with Gasteiger partial charge in [-0.05, 0) is 12.5 Å². The monoisotopic (exact) mass is 193 g/mol. The summed E-state index contributed by atoms with van der Waals surface area (Å²) in [4.78, 5) is 12.0. The van der Waals surface area contributed by atoms with E-state index < -0.39 is 0 Å². The van der Waals surface area contributed by atoms with E-state index in [2.05, 4.69) is 17.3 Å². The number of hydrogen-bond donors (Lipinski definition) is 1. The maximum atomic E-state index is 12.0. The van der Waals surface area contributed by atoms with Gasteiger partial charge in [-0.15, -0.1) is 0 Å². The molecule has 2 heterocycles. The number of aryl methyl sites for hydroxylation is 1. The van der Waals surface area contributed by atoms with Crippen LogP contribution in [0.4, 0.5) is 0 Å². The smallest absolute Gasteiger partial charge is 0.170 e. The topological polar surface area (TPSA) is 46.9 Å². The molecule has 0 radical (unpaired) electrons. The van der Waals surface area contributed by atoms with Crippen molar-refractivity contribution in [1.29, 1.82) is 0 Å². The molecule has 1 N–H and O–H groups in total. The lowest BCUT2D eigenvalue weighted by atomic mass is 9.91. The summed E-state index contributed by atoms with van der Waals surface area (Å²) in [6, 6.07) is 0. The van der Waals surface area contributed by atoms with Crippen LogP contribution in [0.15, 0.2) is 12.4 Å². The Balaban J connectivity index is 2.15. The molecule has 0 amide bonds. The first-order valence-corrected chi connectivity index (χ1v) is 4.92. The molecule has 4 nitrogen and oxygen atoms in total. The van der Waals surface area contributed by atoms with Gasteiger partial charge in [-0.25, -0.2) is 0 Å². The normalized spacial score (nSPS) is 26.7. The van der Waals surface area contributed by atoms with E-state index in [0.29, 0.717) is 5.92 Å². The number of Topliss-reactive ketones (excluding diaryl/α,β-unsaturated/α-hetero) is 1. The predicted molar refractivity (Wildman–Crippen MR) is 53.1 cm³/mol. The second-order valence-electron chi connectivity index (χ2n) is 4.01. The predicted octanol–water partition coefficient (Wildman–Crippen LogP) is 0.458. The van der Waals surface area contributed by atoms with Crippen molar-refractivity contribution >= 4 is 5.78 Å². The average Bonchev–Trinajstić information content (AvgIpc) is 2.73. The van der Waals surface area contributed by atoms with Crippen LogP contribution in [0.5, 0.6) is 0 Å². The Labute approximate surface area is 83.3 Å². The Morgan fingerprint density at radius 2 is 2.43 bits per heavy atom. The molecule has 0 spiro atoms. The minimum Gasteiger partial charge on any atom is -0.316 e. The maximum absolute atomic E-state index is 12.0. The van der Waals surface area contributed by atoms with Crippen LogP contribution in [-0.4, -0.2) is 28.7 Å². The second-order valence-corrected chi connectivity index (χ2v) is 4.01. The molecular weight excluding hydrogens is 178 g/mol. The molecule has 0 aromatic carbocycles. The van der Waals surface area contributed by atoms with Crippen LogP contribution in [0.1, 0.15) is 17.3 Å². The van der Waals surface area contributed by atoms with Gasteiger partial charge in [0.1, 0.15) is 0 Å². The van der Waals surface area contributed by atoms with Crippen LogP contribution in [0.25, 0.3) is 0 Å². The summed E-state index contributed by atoms with van der Waals surface area (Å²) >= 11 is 0. The minimum atomic E-state index is 0.124. The Hall–Kier alpha value is -1.16.